The van der Waals surface area contributed by atoms with Crippen molar-refractivity contribution >= 4 is 11.8 Å². The van der Waals surface area contributed by atoms with Gasteiger partial charge in [-0.25, -0.2) is 0 Å². The van der Waals surface area contributed by atoms with Crippen LogP contribution in [0.4, 0.5) is 0 Å². The van der Waals surface area contributed by atoms with E-state index in [0.29, 0.717) is 11.7 Å². The second kappa shape index (κ2) is 7.45. The Morgan fingerprint density at radius 2 is 1.60 bits per heavy atom. The maximum Gasteiger partial charge on any atom is 0.311 e. The van der Waals surface area contributed by atoms with Crippen molar-refractivity contribution in [2.75, 3.05) is 7.11 Å². The van der Waals surface area contributed by atoms with E-state index in [1.54, 1.807) is 0 Å². The zero-order valence-corrected chi connectivity index (χ0v) is 23.6. The van der Waals surface area contributed by atoms with Crippen molar-refractivity contribution in [2.45, 2.75) is 112 Å². The monoisotopic (exact) mass is 483 g/mol. The Hall–Kier alpha value is -1.16. The average molecular weight is 484 g/mol. The highest BCUT2D eigenvalue weighted by molar-refractivity contribution is 5.95. The zero-order chi connectivity index (χ0) is 25.8. The van der Waals surface area contributed by atoms with Gasteiger partial charge in [-0.3, -0.25) is 9.59 Å². The fourth-order valence-corrected chi connectivity index (χ4v) is 10.6. The molecule has 4 fully saturated rings. The van der Waals surface area contributed by atoms with Crippen molar-refractivity contribution in [1.29, 1.82) is 0 Å². The van der Waals surface area contributed by atoms with Gasteiger partial charge in [0.15, 0.2) is 5.78 Å². The van der Waals surface area contributed by atoms with Crippen LogP contribution in [0.3, 0.4) is 0 Å². The molecule has 0 saturated heterocycles. The van der Waals surface area contributed by atoms with E-state index in [2.05, 4.69) is 54.5 Å². The summed E-state index contributed by atoms with van der Waals surface area (Å²) in [5.74, 6) is 1.06. The SMILES string of the molecule is COC(=O)[C@@]1(C)CC[C@]2(C)CC[C@]3(C)C(=CC(=O)[C@@H]4[C@@]5(C)CCC(N)C(C)(C)[C@@H]5CC[C@]43C)[C@H]2C1. The van der Waals surface area contributed by atoms with Gasteiger partial charge in [-0.15, -0.1) is 0 Å². The fourth-order valence-electron chi connectivity index (χ4n) is 10.6. The first-order valence-electron chi connectivity index (χ1n) is 14.2. The lowest BCUT2D eigenvalue weighted by Gasteiger charge is -2.70. The van der Waals surface area contributed by atoms with Crippen LogP contribution in [0.1, 0.15) is 106 Å². The highest BCUT2D eigenvalue weighted by Crippen LogP contribution is 2.75. The van der Waals surface area contributed by atoms with Crippen LogP contribution in [0, 0.1) is 50.2 Å². The van der Waals surface area contributed by atoms with Crippen LogP contribution in [0.2, 0.25) is 0 Å². The third kappa shape index (κ3) is 3.07. The van der Waals surface area contributed by atoms with Crippen molar-refractivity contribution in [3.05, 3.63) is 11.6 Å². The summed E-state index contributed by atoms with van der Waals surface area (Å²) in [6, 6.07) is 0.207. The minimum atomic E-state index is -0.466. The maximum atomic E-state index is 14.3. The van der Waals surface area contributed by atoms with Crippen LogP contribution >= 0.6 is 0 Å². The highest BCUT2D eigenvalue weighted by atomic mass is 16.5. The van der Waals surface area contributed by atoms with Crippen molar-refractivity contribution in [3.8, 4) is 0 Å². The first kappa shape index (κ1) is 25.5. The molecule has 0 spiro atoms. The molecule has 196 valence electrons. The number of fused-ring (bicyclic) bond motifs is 7. The molecule has 5 aliphatic carbocycles. The average Bonchev–Trinajstić information content (AvgIpc) is 2.78. The van der Waals surface area contributed by atoms with Crippen molar-refractivity contribution < 1.29 is 14.3 Å². The number of carbonyl (C=O) groups excluding carboxylic acids is 2. The van der Waals surface area contributed by atoms with Gasteiger partial charge in [0.25, 0.3) is 0 Å². The van der Waals surface area contributed by atoms with Gasteiger partial charge in [0.1, 0.15) is 0 Å². The second-order valence-electron chi connectivity index (χ2n) is 15.2. The molecule has 4 nitrogen and oxygen atoms in total. The molecular formula is C31H49NO3. The third-order valence-electron chi connectivity index (χ3n) is 13.4. The summed E-state index contributed by atoms with van der Waals surface area (Å²) in [5.41, 5.74) is 7.68. The number of allylic oxidation sites excluding steroid dienone is 2. The Balaban J connectivity index is 1.61. The summed E-state index contributed by atoms with van der Waals surface area (Å²) in [7, 11) is 1.51. The largest absolute Gasteiger partial charge is 0.469 e. The molecule has 0 aliphatic heterocycles. The first-order valence-corrected chi connectivity index (χ1v) is 14.2. The number of hydrogen-bond acceptors (Lipinski definition) is 4. The quantitative estimate of drug-likeness (QED) is 0.434. The molecule has 0 heterocycles. The van der Waals surface area contributed by atoms with Crippen molar-refractivity contribution in [3.63, 3.8) is 0 Å². The number of esters is 1. The zero-order valence-electron chi connectivity index (χ0n) is 23.6. The number of ketones is 1. The minimum Gasteiger partial charge on any atom is -0.469 e. The number of hydrogen-bond donors (Lipinski definition) is 1. The van der Waals surface area contributed by atoms with Crippen molar-refractivity contribution in [2.24, 2.45) is 56.0 Å². The Morgan fingerprint density at radius 1 is 0.943 bits per heavy atom. The lowest BCUT2D eigenvalue weighted by Crippen LogP contribution is -2.67. The minimum absolute atomic E-state index is 0.0116. The number of rotatable bonds is 1. The molecule has 5 rings (SSSR count). The summed E-state index contributed by atoms with van der Waals surface area (Å²) in [6.07, 6.45) is 11.4. The van der Waals surface area contributed by atoms with Crippen LogP contribution < -0.4 is 5.73 Å². The van der Waals surface area contributed by atoms with Crippen LogP contribution in [0.25, 0.3) is 0 Å². The smallest absolute Gasteiger partial charge is 0.311 e. The van der Waals surface area contributed by atoms with Gasteiger partial charge >= 0.3 is 5.97 Å². The number of methoxy groups -OCH3 is 1. The van der Waals surface area contributed by atoms with Gasteiger partial charge in [0.05, 0.1) is 12.5 Å². The highest BCUT2D eigenvalue weighted by Gasteiger charge is 2.70. The Bertz CT molecular complexity index is 984. The molecule has 35 heavy (non-hydrogen) atoms. The third-order valence-corrected chi connectivity index (χ3v) is 13.4. The number of carbonyl (C=O) groups is 2. The van der Waals surface area contributed by atoms with Gasteiger partial charge in [0, 0.05) is 12.0 Å². The summed E-state index contributed by atoms with van der Waals surface area (Å²) >= 11 is 0. The molecule has 0 aromatic rings. The fraction of sp³-hybridized carbons (Fsp3) is 0.871. The summed E-state index contributed by atoms with van der Waals surface area (Å²) in [6.45, 7) is 16.6. The van der Waals surface area contributed by atoms with E-state index < -0.39 is 5.41 Å². The van der Waals surface area contributed by atoms with E-state index in [-0.39, 0.29) is 50.9 Å². The Kier molecular flexibility index (Phi) is 5.43. The molecule has 5 aliphatic rings. The summed E-state index contributed by atoms with van der Waals surface area (Å²) < 4.78 is 5.26. The molecule has 9 atom stereocenters. The van der Waals surface area contributed by atoms with E-state index in [1.165, 1.54) is 19.1 Å². The van der Waals surface area contributed by atoms with E-state index in [1.807, 2.05) is 0 Å². The van der Waals surface area contributed by atoms with Gasteiger partial charge in [0.2, 0.25) is 0 Å². The number of nitrogens with two attached hydrogens (primary N) is 1. The van der Waals surface area contributed by atoms with E-state index in [4.69, 9.17) is 10.5 Å². The molecule has 1 unspecified atom stereocenters. The van der Waals surface area contributed by atoms with Crippen molar-refractivity contribution in [1.82, 2.24) is 0 Å². The maximum absolute atomic E-state index is 14.3. The molecule has 0 aromatic heterocycles. The summed E-state index contributed by atoms with van der Waals surface area (Å²) in [5, 5.41) is 0. The Labute approximate surface area is 213 Å². The molecule has 0 radical (unpaired) electrons. The van der Waals surface area contributed by atoms with Gasteiger partial charge < -0.3 is 10.5 Å². The molecule has 0 aromatic carbocycles. The van der Waals surface area contributed by atoms with Crippen LogP contribution in [0.15, 0.2) is 11.6 Å². The molecule has 4 heteroatoms. The van der Waals surface area contributed by atoms with Crippen LogP contribution in [-0.4, -0.2) is 24.9 Å². The summed E-state index contributed by atoms with van der Waals surface area (Å²) in [4.78, 5) is 27.1. The predicted molar refractivity (Wildman–Crippen MR) is 139 cm³/mol. The second-order valence-corrected chi connectivity index (χ2v) is 15.2. The van der Waals surface area contributed by atoms with Crippen LogP contribution in [-0.2, 0) is 14.3 Å². The first-order chi connectivity index (χ1) is 16.1. The molecule has 0 amide bonds. The van der Waals surface area contributed by atoms with E-state index in [9.17, 15) is 9.59 Å². The predicted octanol–water partition coefficient (Wildman–Crippen LogP) is 6.47. The van der Waals surface area contributed by atoms with E-state index >= 15 is 0 Å². The standard InChI is InChI=1S/C31H49NO3/c1-26(2)22-9-12-31(7)24(29(22,5)11-10-23(26)32)21(33)17-19-20-18-28(4,25(34)35-8)14-13-27(20,3)15-16-30(19,31)6/h17,20,22-24H,9-16,18,32H2,1-8H3/t20-,22+,23?,24-,27-,28+,29+,30-,31-/m1/s1. The van der Waals surface area contributed by atoms with Gasteiger partial charge in [-0.05, 0) is 110 Å². The van der Waals surface area contributed by atoms with Gasteiger partial charge in [-0.1, -0.05) is 47.1 Å². The molecular weight excluding hydrogens is 434 g/mol. The van der Waals surface area contributed by atoms with Crippen LogP contribution in [0.5, 0.6) is 0 Å². The molecule has 4 saturated carbocycles. The lowest BCUT2D eigenvalue weighted by atomic mass is 9.33. The molecule has 0 bridgehead atoms. The van der Waals surface area contributed by atoms with Gasteiger partial charge in [-0.2, -0.15) is 0 Å². The Morgan fingerprint density at radius 3 is 2.26 bits per heavy atom. The number of ether oxygens (including phenoxy) is 1. The normalized spacial score (nSPS) is 52.8. The topological polar surface area (TPSA) is 69.4 Å². The van der Waals surface area contributed by atoms with E-state index in [0.717, 1.165) is 51.4 Å². The lowest BCUT2D eigenvalue weighted by molar-refractivity contribution is -0.188. The molecule has 2 N–H and O–H groups in total.